The third kappa shape index (κ3) is 3.15. The number of aryl methyl sites for hydroxylation is 1. The summed E-state index contributed by atoms with van der Waals surface area (Å²) in [7, 11) is 0. The largest absolute Gasteiger partial charge is 0.508 e. The lowest BCUT2D eigenvalue weighted by molar-refractivity contribution is 0.475. The minimum absolute atomic E-state index is 0.195. The van der Waals surface area contributed by atoms with E-state index in [9.17, 15) is 9.90 Å². The van der Waals surface area contributed by atoms with Gasteiger partial charge in [0, 0.05) is 0 Å². The van der Waals surface area contributed by atoms with E-state index in [2.05, 4.69) is 25.7 Å². The van der Waals surface area contributed by atoms with Gasteiger partial charge >= 0.3 is 5.69 Å². The number of benzene rings is 1. The molecule has 0 saturated heterocycles. The summed E-state index contributed by atoms with van der Waals surface area (Å²) < 4.78 is 0. The number of phenols is 1. The van der Waals surface area contributed by atoms with Crippen molar-refractivity contribution in [1.29, 1.82) is 0 Å². The van der Waals surface area contributed by atoms with Crippen LogP contribution in [0.15, 0.2) is 34.2 Å². The molecule has 0 atom stereocenters. The van der Waals surface area contributed by atoms with Gasteiger partial charge < -0.3 is 5.11 Å². The van der Waals surface area contributed by atoms with Crippen molar-refractivity contribution in [2.75, 3.05) is 5.43 Å². The third-order valence-corrected chi connectivity index (χ3v) is 2.49. The highest BCUT2D eigenvalue weighted by Crippen LogP contribution is 2.11. The fourth-order valence-corrected chi connectivity index (χ4v) is 1.40. The molecule has 0 radical (unpaired) electrons. The zero-order valence-corrected chi connectivity index (χ0v) is 10.5. The number of aromatic amines is 1. The van der Waals surface area contributed by atoms with Crippen LogP contribution in [0.4, 0.5) is 5.82 Å². The van der Waals surface area contributed by atoms with Gasteiger partial charge in [-0.05, 0) is 43.7 Å². The first kappa shape index (κ1) is 12.7. The standard InChI is InChI=1S/C12H13N5O2/c1-7(9-3-5-10(18)6-4-9)14-16-11-8(2)15-17-12(19)13-11/h3-6,18H,1-2H3,(H2,13,16,17,19)/b14-7-. The lowest BCUT2D eigenvalue weighted by atomic mass is 10.1. The number of anilines is 1. The monoisotopic (exact) mass is 259 g/mol. The summed E-state index contributed by atoms with van der Waals surface area (Å²) in [6.07, 6.45) is 0. The molecular weight excluding hydrogens is 246 g/mol. The second kappa shape index (κ2) is 5.30. The predicted molar refractivity (Wildman–Crippen MR) is 71.3 cm³/mol. The van der Waals surface area contributed by atoms with Gasteiger partial charge in [-0.1, -0.05) is 0 Å². The smallest absolute Gasteiger partial charge is 0.363 e. The number of nitrogens with zero attached hydrogens (tertiary/aromatic N) is 3. The van der Waals surface area contributed by atoms with Gasteiger partial charge in [0.05, 0.1) is 5.71 Å². The van der Waals surface area contributed by atoms with Gasteiger partial charge in [0.1, 0.15) is 11.4 Å². The highest BCUT2D eigenvalue weighted by molar-refractivity contribution is 5.99. The van der Waals surface area contributed by atoms with Crippen LogP contribution in [0, 0.1) is 6.92 Å². The Morgan fingerprint density at radius 2 is 2.05 bits per heavy atom. The van der Waals surface area contributed by atoms with E-state index in [4.69, 9.17) is 0 Å². The maximum absolute atomic E-state index is 11.0. The highest BCUT2D eigenvalue weighted by Gasteiger charge is 2.02. The van der Waals surface area contributed by atoms with Crippen molar-refractivity contribution in [2.45, 2.75) is 13.8 Å². The van der Waals surface area contributed by atoms with Crippen molar-refractivity contribution in [3.05, 3.63) is 46.0 Å². The molecule has 2 rings (SSSR count). The first-order valence-electron chi connectivity index (χ1n) is 5.59. The summed E-state index contributed by atoms with van der Waals surface area (Å²) in [6.45, 7) is 3.51. The minimum atomic E-state index is -0.536. The van der Waals surface area contributed by atoms with Crippen LogP contribution >= 0.6 is 0 Å². The van der Waals surface area contributed by atoms with Crippen molar-refractivity contribution in [3.8, 4) is 5.75 Å². The molecule has 7 nitrogen and oxygen atoms in total. The van der Waals surface area contributed by atoms with E-state index < -0.39 is 5.69 Å². The molecule has 0 unspecified atom stereocenters. The molecule has 0 saturated carbocycles. The Morgan fingerprint density at radius 3 is 2.74 bits per heavy atom. The van der Waals surface area contributed by atoms with Gasteiger partial charge in [-0.15, -0.1) is 0 Å². The van der Waals surface area contributed by atoms with Crippen molar-refractivity contribution in [1.82, 2.24) is 15.2 Å². The average molecular weight is 259 g/mol. The molecule has 3 N–H and O–H groups in total. The molecule has 0 aliphatic heterocycles. The Bertz CT molecular complexity index is 661. The van der Waals surface area contributed by atoms with E-state index in [-0.39, 0.29) is 5.75 Å². The number of aromatic hydroxyl groups is 1. The second-order valence-corrected chi connectivity index (χ2v) is 3.93. The molecule has 0 aliphatic rings. The molecule has 7 heteroatoms. The van der Waals surface area contributed by atoms with Crippen molar-refractivity contribution in [2.24, 2.45) is 5.10 Å². The van der Waals surface area contributed by atoms with Crippen molar-refractivity contribution in [3.63, 3.8) is 0 Å². The third-order valence-electron chi connectivity index (χ3n) is 2.49. The fraction of sp³-hybridized carbons (Fsp3) is 0.167. The van der Waals surface area contributed by atoms with E-state index in [1.807, 2.05) is 0 Å². The van der Waals surface area contributed by atoms with Crippen LogP contribution in [-0.2, 0) is 0 Å². The number of hydrazone groups is 1. The van der Waals surface area contributed by atoms with E-state index in [1.54, 1.807) is 38.1 Å². The quantitative estimate of drug-likeness (QED) is 0.564. The van der Waals surface area contributed by atoms with Crippen molar-refractivity contribution >= 4 is 11.5 Å². The molecule has 0 aliphatic carbocycles. The van der Waals surface area contributed by atoms with Crippen LogP contribution < -0.4 is 11.1 Å². The Balaban J connectivity index is 2.20. The van der Waals surface area contributed by atoms with Gasteiger partial charge in [0.2, 0.25) is 0 Å². The molecule has 2 aromatic rings. The predicted octanol–water partition coefficient (Wildman–Crippen LogP) is 1.02. The topological polar surface area (TPSA) is 103 Å². The molecule has 0 bridgehead atoms. The maximum Gasteiger partial charge on any atom is 0.363 e. The van der Waals surface area contributed by atoms with Gasteiger partial charge in [-0.3, -0.25) is 5.43 Å². The Hall–Kier alpha value is -2.70. The molecule has 1 aromatic heterocycles. The summed E-state index contributed by atoms with van der Waals surface area (Å²) in [5.41, 5.74) is 4.25. The van der Waals surface area contributed by atoms with Crippen LogP contribution in [0.1, 0.15) is 18.2 Å². The molecular formula is C12H13N5O2. The Labute approximate surface area is 109 Å². The van der Waals surface area contributed by atoms with Gasteiger partial charge in [-0.25, -0.2) is 9.89 Å². The number of aromatic nitrogens is 3. The minimum Gasteiger partial charge on any atom is -0.508 e. The molecule has 0 fully saturated rings. The van der Waals surface area contributed by atoms with Crippen LogP contribution in [0.2, 0.25) is 0 Å². The van der Waals surface area contributed by atoms with Gasteiger partial charge in [0.15, 0.2) is 5.82 Å². The summed E-state index contributed by atoms with van der Waals surface area (Å²) in [6, 6.07) is 6.64. The van der Waals surface area contributed by atoms with Gasteiger partial charge in [0.25, 0.3) is 0 Å². The Morgan fingerprint density at radius 1 is 1.37 bits per heavy atom. The summed E-state index contributed by atoms with van der Waals surface area (Å²) in [4.78, 5) is 14.8. The number of H-pyrrole nitrogens is 1. The van der Waals surface area contributed by atoms with Crippen LogP contribution in [-0.4, -0.2) is 26.0 Å². The number of rotatable bonds is 3. The van der Waals surface area contributed by atoms with E-state index in [0.29, 0.717) is 17.2 Å². The number of nitrogens with one attached hydrogen (secondary N) is 2. The number of hydrogen-bond donors (Lipinski definition) is 3. The zero-order chi connectivity index (χ0) is 13.8. The first-order valence-corrected chi connectivity index (χ1v) is 5.59. The van der Waals surface area contributed by atoms with E-state index in [0.717, 1.165) is 5.56 Å². The molecule has 1 heterocycles. The summed E-state index contributed by atoms with van der Waals surface area (Å²) in [5.74, 6) is 0.502. The lowest BCUT2D eigenvalue weighted by Crippen LogP contribution is -2.16. The van der Waals surface area contributed by atoms with E-state index in [1.165, 1.54) is 0 Å². The zero-order valence-electron chi connectivity index (χ0n) is 10.5. The summed E-state index contributed by atoms with van der Waals surface area (Å²) in [5, 5.41) is 19.3. The molecule has 19 heavy (non-hydrogen) atoms. The average Bonchev–Trinajstić information content (AvgIpc) is 2.40. The van der Waals surface area contributed by atoms with Crippen LogP contribution in [0.3, 0.4) is 0 Å². The van der Waals surface area contributed by atoms with Crippen LogP contribution in [0.5, 0.6) is 5.75 Å². The van der Waals surface area contributed by atoms with Crippen molar-refractivity contribution < 1.29 is 5.11 Å². The Kier molecular flexibility index (Phi) is 3.56. The fourth-order valence-electron chi connectivity index (χ4n) is 1.40. The van der Waals surface area contributed by atoms with Crippen LogP contribution in [0.25, 0.3) is 0 Å². The number of hydrogen-bond acceptors (Lipinski definition) is 6. The van der Waals surface area contributed by atoms with E-state index >= 15 is 0 Å². The lowest BCUT2D eigenvalue weighted by Gasteiger charge is -2.04. The normalized spacial score (nSPS) is 11.4. The second-order valence-electron chi connectivity index (χ2n) is 3.93. The molecule has 0 spiro atoms. The maximum atomic E-state index is 11.0. The highest BCUT2D eigenvalue weighted by atomic mass is 16.3. The van der Waals surface area contributed by atoms with Gasteiger partial charge in [-0.2, -0.15) is 15.2 Å². The molecule has 98 valence electrons. The summed E-state index contributed by atoms with van der Waals surface area (Å²) >= 11 is 0. The molecule has 1 aromatic carbocycles. The first-order chi connectivity index (χ1) is 9.06. The SMILES string of the molecule is C/C(=N/Nc1nc(=O)[nH]nc1C)c1ccc(O)cc1. The molecule has 0 amide bonds. The number of phenolic OH excluding ortho intramolecular Hbond substituents is 1.